The second kappa shape index (κ2) is 9.19. The summed E-state index contributed by atoms with van der Waals surface area (Å²) in [7, 11) is 0. The van der Waals surface area contributed by atoms with Crippen molar-refractivity contribution < 1.29 is 14.3 Å². The van der Waals surface area contributed by atoms with Crippen LogP contribution in [0.4, 0.5) is 0 Å². The van der Waals surface area contributed by atoms with Crippen molar-refractivity contribution in [1.29, 1.82) is 0 Å². The van der Waals surface area contributed by atoms with E-state index in [1.54, 1.807) is 12.4 Å². The van der Waals surface area contributed by atoms with Crippen LogP contribution in [0.15, 0.2) is 36.9 Å². The van der Waals surface area contributed by atoms with Crippen LogP contribution in [-0.2, 0) is 4.79 Å². The summed E-state index contributed by atoms with van der Waals surface area (Å²) in [6, 6.07) is 3.84. The summed E-state index contributed by atoms with van der Waals surface area (Å²) in [5.41, 5.74) is 1.49. The smallest absolute Gasteiger partial charge is 0.274 e. The fourth-order valence-electron chi connectivity index (χ4n) is 4.13. The van der Waals surface area contributed by atoms with Gasteiger partial charge in [0, 0.05) is 63.2 Å². The van der Waals surface area contributed by atoms with Crippen LogP contribution < -0.4 is 4.74 Å². The Labute approximate surface area is 176 Å². The number of carbonyl (C=O) groups is 2. The summed E-state index contributed by atoms with van der Waals surface area (Å²) in [5, 5.41) is 0. The zero-order chi connectivity index (χ0) is 20.9. The van der Waals surface area contributed by atoms with Crippen LogP contribution in [-0.4, -0.2) is 69.4 Å². The Bertz CT molecular complexity index is 883. The molecule has 8 nitrogen and oxygen atoms in total. The normalized spacial score (nSPS) is 19.9. The van der Waals surface area contributed by atoms with Crippen LogP contribution in [0.1, 0.15) is 35.3 Å². The van der Waals surface area contributed by atoms with Crippen molar-refractivity contribution in [3.8, 4) is 5.88 Å². The summed E-state index contributed by atoms with van der Waals surface area (Å²) in [5.74, 6) is 1.34. The molecule has 0 radical (unpaired) electrons. The SMILES string of the molecule is Cc1ccnc(OCC2CC(=O)N(CC3CCN(C(=O)c4cnccn4)CC3)C2)c1. The van der Waals surface area contributed by atoms with Crippen molar-refractivity contribution in [2.75, 3.05) is 32.8 Å². The van der Waals surface area contributed by atoms with Gasteiger partial charge in [-0.05, 0) is 37.3 Å². The highest BCUT2D eigenvalue weighted by atomic mass is 16.5. The van der Waals surface area contributed by atoms with E-state index in [0.29, 0.717) is 43.6 Å². The number of pyridine rings is 1. The van der Waals surface area contributed by atoms with Gasteiger partial charge in [0.2, 0.25) is 11.8 Å². The minimum atomic E-state index is -0.0687. The molecule has 2 aromatic rings. The van der Waals surface area contributed by atoms with Crippen molar-refractivity contribution >= 4 is 11.8 Å². The van der Waals surface area contributed by atoms with Crippen molar-refractivity contribution in [2.24, 2.45) is 11.8 Å². The minimum Gasteiger partial charge on any atom is -0.477 e. The maximum absolute atomic E-state index is 12.5. The monoisotopic (exact) mass is 409 g/mol. The summed E-state index contributed by atoms with van der Waals surface area (Å²) >= 11 is 0. The average Bonchev–Trinajstić information content (AvgIpc) is 3.12. The molecule has 1 unspecified atom stereocenters. The fourth-order valence-corrected chi connectivity index (χ4v) is 4.13. The molecule has 2 aromatic heterocycles. The Kier molecular flexibility index (Phi) is 6.21. The Morgan fingerprint density at radius 2 is 2.00 bits per heavy atom. The van der Waals surface area contributed by atoms with E-state index in [0.717, 1.165) is 31.5 Å². The number of likely N-dealkylation sites (tertiary alicyclic amines) is 2. The van der Waals surface area contributed by atoms with Gasteiger partial charge in [0.1, 0.15) is 5.69 Å². The second-order valence-corrected chi connectivity index (χ2v) is 8.18. The van der Waals surface area contributed by atoms with Gasteiger partial charge >= 0.3 is 0 Å². The molecule has 0 aromatic carbocycles. The lowest BCUT2D eigenvalue weighted by atomic mass is 9.96. The van der Waals surface area contributed by atoms with E-state index in [4.69, 9.17) is 4.74 Å². The zero-order valence-electron chi connectivity index (χ0n) is 17.2. The molecule has 0 saturated carbocycles. The summed E-state index contributed by atoms with van der Waals surface area (Å²) in [6.45, 7) is 5.36. The van der Waals surface area contributed by atoms with E-state index in [1.165, 1.54) is 12.4 Å². The number of nitrogens with zero attached hydrogens (tertiary/aromatic N) is 5. The van der Waals surface area contributed by atoms with Gasteiger partial charge in [-0.25, -0.2) is 9.97 Å². The maximum Gasteiger partial charge on any atom is 0.274 e. The van der Waals surface area contributed by atoms with Crippen molar-refractivity contribution in [3.63, 3.8) is 0 Å². The highest BCUT2D eigenvalue weighted by Gasteiger charge is 2.33. The number of aromatic nitrogens is 3. The first kappa shape index (κ1) is 20.3. The number of hydrogen-bond acceptors (Lipinski definition) is 6. The summed E-state index contributed by atoms with van der Waals surface area (Å²) < 4.78 is 5.79. The van der Waals surface area contributed by atoms with Gasteiger partial charge in [-0.1, -0.05) is 0 Å². The van der Waals surface area contributed by atoms with Crippen LogP contribution in [0.5, 0.6) is 5.88 Å². The van der Waals surface area contributed by atoms with Crippen molar-refractivity contribution in [1.82, 2.24) is 24.8 Å². The van der Waals surface area contributed by atoms with Crippen LogP contribution in [0.2, 0.25) is 0 Å². The molecule has 8 heteroatoms. The fraction of sp³-hybridized carbons (Fsp3) is 0.500. The predicted molar refractivity (Wildman–Crippen MR) is 110 cm³/mol. The molecule has 0 aliphatic carbocycles. The number of ether oxygens (including phenoxy) is 1. The van der Waals surface area contributed by atoms with E-state index in [-0.39, 0.29) is 17.7 Å². The number of amides is 2. The number of rotatable bonds is 6. The molecular formula is C22H27N5O3. The molecule has 2 amide bonds. The van der Waals surface area contributed by atoms with Crippen LogP contribution >= 0.6 is 0 Å². The Hall–Kier alpha value is -3.03. The topological polar surface area (TPSA) is 88.5 Å². The summed E-state index contributed by atoms with van der Waals surface area (Å²) in [4.78, 5) is 41.0. The minimum absolute atomic E-state index is 0.0687. The van der Waals surface area contributed by atoms with Gasteiger partial charge in [0.05, 0.1) is 12.8 Å². The molecule has 0 bridgehead atoms. The second-order valence-electron chi connectivity index (χ2n) is 8.18. The average molecular weight is 409 g/mol. The maximum atomic E-state index is 12.5. The van der Waals surface area contributed by atoms with Crippen molar-refractivity contribution in [3.05, 3.63) is 48.2 Å². The molecule has 30 heavy (non-hydrogen) atoms. The number of carbonyl (C=O) groups excluding carboxylic acids is 2. The Morgan fingerprint density at radius 1 is 1.17 bits per heavy atom. The highest BCUT2D eigenvalue weighted by molar-refractivity contribution is 5.92. The Morgan fingerprint density at radius 3 is 2.73 bits per heavy atom. The molecule has 0 N–H and O–H groups in total. The molecular weight excluding hydrogens is 382 g/mol. The van der Waals surface area contributed by atoms with Gasteiger partial charge in [0.25, 0.3) is 5.91 Å². The summed E-state index contributed by atoms with van der Waals surface area (Å²) in [6.07, 6.45) is 8.65. The lowest BCUT2D eigenvalue weighted by Gasteiger charge is -2.33. The van der Waals surface area contributed by atoms with Crippen LogP contribution in [0.25, 0.3) is 0 Å². The van der Waals surface area contributed by atoms with Gasteiger partial charge in [-0.15, -0.1) is 0 Å². The Balaban J connectivity index is 1.22. The molecule has 0 spiro atoms. The predicted octanol–water partition coefficient (Wildman–Crippen LogP) is 1.96. The molecule has 2 aliphatic rings. The quantitative estimate of drug-likeness (QED) is 0.725. The third-order valence-corrected chi connectivity index (χ3v) is 5.81. The lowest BCUT2D eigenvalue weighted by molar-refractivity contribution is -0.128. The van der Waals surface area contributed by atoms with Crippen molar-refractivity contribution in [2.45, 2.75) is 26.2 Å². The van der Waals surface area contributed by atoms with E-state index < -0.39 is 0 Å². The molecule has 1 atom stereocenters. The van der Waals surface area contributed by atoms with Gasteiger partial charge in [-0.2, -0.15) is 0 Å². The number of piperidine rings is 1. The highest BCUT2D eigenvalue weighted by Crippen LogP contribution is 2.25. The third-order valence-electron chi connectivity index (χ3n) is 5.81. The first-order chi connectivity index (χ1) is 14.6. The third kappa shape index (κ3) is 4.93. The number of hydrogen-bond donors (Lipinski definition) is 0. The molecule has 2 fully saturated rings. The molecule has 2 saturated heterocycles. The first-order valence-corrected chi connectivity index (χ1v) is 10.5. The van der Waals surface area contributed by atoms with Gasteiger partial charge < -0.3 is 14.5 Å². The molecule has 4 rings (SSSR count). The van der Waals surface area contributed by atoms with E-state index in [9.17, 15) is 9.59 Å². The molecule has 2 aliphatic heterocycles. The van der Waals surface area contributed by atoms with Crippen LogP contribution in [0, 0.1) is 18.8 Å². The molecule has 4 heterocycles. The van der Waals surface area contributed by atoms with Gasteiger partial charge in [-0.3, -0.25) is 14.6 Å². The van der Waals surface area contributed by atoms with Gasteiger partial charge in [0.15, 0.2) is 0 Å². The first-order valence-electron chi connectivity index (χ1n) is 10.5. The van der Waals surface area contributed by atoms with E-state index in [1.807, 2.05) is 28.9 Å². The van der Waals surface area contributed by atoms with Crippen LogP contribution in [0.3, 0.4) is 0 Å². The number of aryl methyl sites for hydroxylation is 1. The standard InChI is InChI=1S/C22H27N5O3/c1-16-2-5-25-20(10-16)30-15-18-11-21(28)27(14-18)13-17-3-8-26(9-4-17)22(29)19-12-23-6-7-24-19/h2,5-7,10,12,17-18H,3-4,8-9,11,13-15H2,1H3. The zero-order valence-corrected chi connectivity index (χ0v) is 17.2. The lowest BCUT2D eigenvalue weighted by Crippen LogP contribution is -2.42. The van der Waals surface area contributed by atoms with E-state index in [2.05, 4.69) is 15.0 Å². The largest absolute Gasteiger partial charge is 0.477 e. The molecule has 158 valence electrons. The van der Waals surface area contributed by atoms with E-state index >= 15 is 0 Å².